The first-order valence-electron chi connectivity index (χ1n) is 14.9. The topological polar surface area (TPSA) is 70.1 Å². The molecular weight excluding hydrogens is 575 g/mol. The van der Waals surface area contributed by atoms with Crippen LogP contribution in [0, 0.1) is 5.92 Å². The highest BCUT2D eigenvalue weighted by atomic mass is 35.5. The maximum absolute atomic E-state index is 13.5. The Hall–Kier alpha value is -1.90. The first-order valence-corrected chi connectivity index (χ1v) is 17.8. The van der Waals surface area contributed by atoms with E-state index in [0.717, 1.165) is 49.0 Å². The zero-order chi connectivity index (χ0) is 30.1. The summed E-state index contributed by atoms with van der Waals surface area (Å²) in [6.07, 6.45) is 3.42. The number of carboxylic acids is 1. The summed E-state index contributed by atoms with van der Waals surface area (Å²) < 4.78 is 7.04. The number of benzene rings is 2. The van der Waals surface area contributed by atoms with E-state index in [2.05, 4.69) is 46.6 Å². The third-order valence-electron chi connectivity index (χ3n) is 9.19. The van der Waals surface area contributed by atoms with Crippen molar-refractivity contribution < 1.29 is 19.1 Å². The summed E-state index contributed by atoms with van der Waals surface area (Å²) in [6, 6.07) is 10.3. The molecule has 2 aliphatic heterocycles. The van der Waals surface area contributed by atoms with E-state index < -0.39 is 14.3 Å². The molecule has 1 amide bonds. The molecule has 4 rings (SSSR count). The zero-order valence-electron chi connectivity index (χ0n) is 25.1. The molecule has 2 fully saturated rings. The van der Waals surface area contributed by atoms with Gasteiger partial charge in [-0.05, 0) is 83.3 Å². The van der Waals surface area contributed by atoms with Gasteiger partial charge in [-0.15, -0.1) is 0 Å². The molecule has 0 spiro atoms. The van der Waals surface area contributed by atoms with Crippen LogP contribution in [0.4, 0.5) is 0 Å². The van der Waals surface area contributed by atoms with Gasteiger partial charge >= 0.3 is 5.97 Å². The van der Waals surface area contributed by atoms with E-state index in [1.165, 1.54) is 0 Å². The monoisotopic (exact) mass is 618 g/mol. The molecule has 2 aliphatic rings. The van der Waals surface area contributed by atoms with Gasteiger partial charge in [0.25, 0.3) is 0 Å². The van der Waals surface area contributed by atoms with Crippen molar-refractivity contribution in [2.75, 3.05) is 19.6 Å². The van der Waals surface area contributed by atoms with Gasteiger partial charge in [0, 0.05) is 41.7 Å². The van der Waals surface area contributed by atoms with Gasteiger partial charge in [-0.3, -0.25) is 9.80 Å². The highest BCUT2D eigenvalue weighted by molar-refractivity contribution is 6.77. The highest BCUT2D eigenvalue weighted by Gasteiger charge is 2.47. The maximum atomic E-state index is 13.5. The number of aromatic carboxylic acids is 1. The average molecular weight is 620 g/mol. The van der Waals surface area contributed by atoms with Crippen molar-refractivity contribution in [2.24, 2.45) is 5.92 Å². The van der Waals surface area contributed by atoms with E-state index in [-0.39, 0.29) is 23.5 Å². The highest BCUT2D eigenvalue weighted by Crippen LogP contribution is 2.44. The lowest BCUT2D eigenvalue weighted by atomic mass is 9.95. The number of carbonyl (C=O) groups excluding carboxylic acids is 1. The minimum atomic E-state index is -1.93. The third kappa shape index (κ3) is 6.70. The molecule has 0 saturated carbocycles. The molecule has 41 heavy (non-hydrogen) atoms. The van der Waals surface area contributed by atoms with Crippen LogP contribution in [0.25, 0.3) is 11.1 Å². The number of nitrogens with zero attached hydrogens (tertiary/aromatic N) is 2. The molecule has 2 heterocycles. The Kier molecular flexibility index (Phi) is 10.3. The minimum Gasteiger partial charge on any atom is -0.478 e. The largest absolute Gasteiger partial charge is 0.478 e. The summed E-state index contributed by atoms with van der Waals surface area (Å²) in [5.41, 5.74) is 4.33. The third-order valence-corrected chi connectivity index (χ3v) is 16.0. The summed E-state index contributed by atoms with van der Waals surface area (Å²) >= 11 is 13.4. The molecule has 1 atom stereocenters. The first kappa shape index (κ1) is 32.0. The molecule has 2 saturated heterocycles. The van der Waals surface area contributed by atoms with Crippen molar-refractivity contribution in [1.82, 2.24) is 10.0 Å². The lowest BCUT2D eigenvalue weighted by Crippen LogP contribution is -2.54. The average Bonchev–Trinajstić information content (AvgIpc) is 3.28. The van der Waals surface area contributed by atoms with Crippen LogP contribution < -0.4 is 0 Å². The lowest BCUT2D eigenvalue weighted by Gasteiger charge is -2.47. The number of amides is 1. The molecule has 0 bridgehead atoms. The van der Waals surface area contributed by atoms with Crippen molar-refractivity contribution in [3.8, 4) is 11.1 Å². The van der Waals surface area contributed by atoms with E-state index in [1.54, 1.807) is 24.3 Å². The number of hydrogen-bond donors (Lipinski definition) is 1. The molecule has 6 nitrogen and oxygen atoms in total. The van der Waals surface area contributed by atoms with Crippen LogP contribution in [0.2, 0.25) is 26.7 Å². The number of hydrazine groups is 1. The van der Waals surface area contributed by atoms with Crippen LogP contribution in [0.15, 0.2) is 36.4 Å². The molecule has 9 heteroatoms. The van der Waals surface area contributed by atoms with E-state index in [1.807, 2.05) is 17.1 Å². The van der Waals surface area contributed by atoms with Crippen molar-refractivity contribution >= 4 is 43.4 Å². The van der Waals surface area contributed by atoms with Crippen LogP contribution >= 0.6 is 23.2 Å². The molecule has 1 unspecified atom stereocenters. The minimum absolute atomic E-state index is 0.139. The Morgan fingerprint density at radius 1 is 0.902 bits per heavy atom. The molecule has 2 aromatic carbocycles. The van der Waals surface area contributed by atoms with E-state index in [0.29, 0.717) is 39.6 Å². The molecule has 0 radical (unpaired) electrons. The molecular formula is C32H44Cl2N2O4Si. The fraction of sp³-hybridized carbons (Fsp3) is 0.562. The predicted octanol–water partition coefficient (Wildman–Crippen LogP) is 8.32. The van der Waals surface area contributed by atoms with Crippen LogP contribution in [0.3, 0.4) is 0 Å². The zero-order valence-corrected chi connectivity index (χ0v) is 27.6. The van der Waals surface area contributed by atoms with Crippen molar-refractivity contribution in [1.29, 1.82) is 0 Å². The Morgan fingerprint density at radius 3 is 1.93 bits per heavy atom. The van der Waals surface area contributed by atoms with Gasteiger partial charge in [0.1, 0.15) is 0 Å². The van der Waals surface area contributed by atoms with Gasteiger partial charge in [-0.2, -0.15) is 0 Å². The standard InChI is InChI=1S/C32H44Cl2N2O4Si/c1-20(2)41(21(3)4,22(5)6)40-27-12-14-35(15-13-27)36-16-11-25(31(36)37)17-28-29(33)18-26(19-30(28)34)23-7-9-24(10-8-23)32(38)39/h7-10,18-22,25,27H,11-17H2,1-6H3,(H,38,39). The molecule has 2 aromatic rings. The van der Waals surface area contributed by atoms with Crippen LogP contribution in [0.1, 0.15) is 76.7 Å². The van der Waals surface area contributed by atoms with Gasteiger partial charge in [0.15, 0.2) is 0 Å². The van der Waals surface area contributed by atoms with Gasteiger partial charge in [0.2, 0.25) is 14.2 Å². The quantitative estimate of drug-likeness (QED) is 0.271. The van der Waals surface area contributed by atoms with E-state index in [9.17, 15) is 9.59 Å². The second-order valence-corrected chi connectivity index (χ2v) is 18.8. The fourth-order valence-electron chi connectivity index (χ4n) is 7.11. The van der Waals surface area contributed by atoms with Crippen molar-refractivity contribution in [2.45, 2.75) is 90.0 Å². The summed E-state index contributed by atoms with van der Waals surface area (Å²) in [5, 5.41) is 14.4. The Balaban J connectivity index is 1.38. The smallest absolute Gasteiger partial charge is 0.335 e. The Bertz CT molecular complexity index is 1200. The second kappa shape index (κ2) is 13.2. The summed E-state index contributed by atoms with van der Waals surface area (Å²) in [7, 11) is -1.93. The van der Waals surface area contributed by atoms with Crippen molar-refractivity contribution in [3.63, 3.8) is 0 Å². The van der Waals surface area contributed by atoms with Crippen LogP contribution in [-0.4, -0.2) is 61.1 Å². The number of hydrogen-bond acceptors (Lipinski definition) is 4. The van der Waals surface area contributed by atoms with Crippen molar-refractivity contribution in [3.05, 3.63) is 57.6 Å². The first-order chi connectivity index (χ1) is 19.3. The SMILES string of the molecule is CC(C)[Si](OC1CCN(N2CCC(Cc3c(Cl)cc(-c4ccc(C(=O)O)cc4)cc3Cl)C2=O)CC1)(C(C)C)C(C)C. The fourth-order valence-corrected chi connectivity index (χ4v) is 13.4. The summed E-state index contributed by atoms with van der Waals surface area (Å²) in [4.78, 5) is 24.7. The molecule has 0 aromatic heterocycles. The number of carboxylic acid groups (broad SMARTS) is 1. The van der Waals surface area contributed by atoms with Gasteiger partial charge in [-0.1, -0.05) is 76.9 Å². The number of halogens is 2. The maximum Gasteiger partial charge on any atom is 0.335 e. The Morgan fingerprint density at radius 2 is 1.44 bits per heavy atom. The number of piperidine rings is 1. The predicted molar refractivity (Wildman–Crippen MR) is 169 cm³/mol. The van der Waals surface area contributed by atoms with Crippen LogP contribution in [-0.2, 0) is 15.6 Å². The van der Waals surface area contributed by atoms with Gasteiger partial charge in [-0.25, -0.2) is 9.80 Å². The summed E-state index contributed by atoms with van der Waals surface area (Å²) in [6.45, 7) is 16.3. The van der Waals surface area contributed by atoms with Crippen LogP contribution in [0.5, 0.6) is 0 Å². The van der Waals surface area contributed by atoms with E-state index >= 15 is 0 Å². The lowest BCUT2D eigenvalue weighted by molar-refractivity contribution is -0.149. The molecule has 1 N–H and O–H groups in total. The molecule has 0 aliphatic carbocycles. The van der Waals surface area contributed by atoms with Gasteiger partial charge in [0.05, 0.1) is 5.56 Å². The summed E-state index contributed by atoms with van der Waals surface area (Å²) in [5.74, 6) is -0.995. The number of rotatable bonds is 10. The second-order valence-electron chi connectivity index (χ2n) is 12.5. The normalized spacial score (nSPS) is 19.2. The van der Waals surface area contributed by atoms with E-state index in [4.69, 9.17) is 32.7 Å². The molecule has 224 valence electrons. The van der Waals surface area contributed by atoms with Gasteiger partial charge < -0.3 is 9.53 Å². The number of carbonyl (C=O) groups is 2. The Labute approximate surface area is 256 Å².